The van der Waals surface area contributed by atoms with Gasteiger partial charge in [0.15, 0.2) is 0 Å². The van der Waals surface area contributed by atoms with Gasteiger partial charge in [0, 0.05) is 34.9 Å². The third-order valence-corrected chi connectivity index (χ3v) is 6.33. The third kappa shape index (κ3) is 5.12. The second kappa shape index (κ2) is 11.2. The van der Waals surface area contributed by atoms with Crippen molar-refractivity contribution < 1.29 is 14.2 Å². The number of aromatic nitrogens is 2. The molecule has 0 unspecified atom stereocenters. The Morgan fingerprint density at radius 1 is 0.969 bits per heavy atom. The fourth-order valence-electron chi connectivity index (χ4n) is 3.75. The van der Waals surface area contributed by atoms with E-state index in [0.717, 1.165) is 45.9 Å². The van der Waals surface area contributed by atoms with Crippen molar-refractivity contribution in [1.82, 2.24) is 9.55 Å². The van der Waals surface area contributed by atoms with E-state index in [1.165, 1.54) is 0 Å². The Hall–Kier alpha value is -2.06. The predicted molar refractivity (Wildman–Crippen MR) is 136 cm³/mol. The van der Waals surface area contributed by atoms with E-state index >= 15 is 0 Å². The summed E-state index contributed by atoms with van der Waals surface area (Å²) in [5.74, 6) is 2.55. The van der Waals surface area contributed by atoms with Crippen molar-refractivity contribution in [3.63, 3.8) is 0 Å². The van der Waals surface area contributed by atoms with Crippen LogP contribution in [-0.4, -0.2) is 41.0 Å². The van der Waals surface area contributed by atoms with Gasteiger partial charge < -0.3 is 14.2 Å². The van der Waals surface area contributed by atoms with Crippen molar-refractivity contribution in [3.05, 3.63) is 45.7 Å². The van der Waals surface area contributed by atoms with Gasteiger partial charge in [0.05, 0.1) is 26.3 Å². The van der Waals surface area contributed by atoms with Crippen molar-refractivity contribution >= 4 is 42.8 Å². The number of nitrogens with zero attached hydrogens (tertiary/aromatic N) is 2. The highest BCUT2D eigenvalue weighted by Gasteiger charge is 2.19. The topological polar surface area (TPSA) is 62.6 Å². The number of benzene rings is 2. The number of methoxy groups -OCH3 is 2. The van der Waals surface area contributed by atoms with Crippen LogP contribution in [0.15, 0.2) is 29.1 Å². The number of alkyl halides is 2. The van der Waals surface area contributed by atoms with Gasteiger partial charge in [-0.1, -0.05) is 31.9 Å². The molecule has 0 bridgehead atoms. The molecule has 3 rings (SSSR count). The monoisotopic (exact) mass is 566 g/mol. The molecule has 1 aromatic heterocycles. The van der Waals surface area contributed by atoms with E-state index in [1.54, 1.807) is 30.9 Å². The van der Waals surface area contributed by atoms with Gasteiger partial charge in [0.25, 0.3) is 5.56 Å². The van der Waals surface area contributed by atoms with Crippen LogP contribution in [0.5, 0.6) is 17.2 Å². The van der Waals surface area contributed by atoms with Crippen LogP contribution in [0.2, 0.25) is 0 Å². The summed E-state index contributed by atoms with van der Waals surface area (Å²) in [5, 5.41) is 2.14. The van der Waals surface area contributed by atoms with Gasteiger partial charge in [0.2, 0.25) is 0 Å². The molecule has 0 amide bonds. The predicted octanol–water partition coefficient (Wildman–Crippen LogP) is 5.65. The molecule has 0 aliphatic heterocycles. The van der Waals surface area contributed by atoms with Gasteiger partial charge in [-0.3, -0.25) is 9.36 Å². The first-order valence-electron chi connectivity index (χ1n) is 10.5. The molecule has 0 aliphatic rings. The molecule has 6 nitrogen and oxygen atoms in total. The molecule has 32 heavy (non-hydrogen) atoms. The SMILES string of the molecule is COc1cc(OC)c2c(=O)n(CCCBr)c(-c3cc(C)c(OCCCBr)c(C)c3)nc2c1. The highest BCUT2D eigenvalue weighted by atomic mass is 79.9. The second-order valence-electron chi connectivity index (χ2n) is 7.49. The van der Waals surface area contributed by atoms with Gasteiger partial charge in [-0.05, 0) is 49.9 Å². The van der Waals surface area contributed by atoms with Gasteiger partial charge in [-0.25, -0.2) is 4.98 Å². The van der Waals surface area contributed by atoms with Crippen LogP contribution in [0.1, 0.15) is 24.0 Å². The highest BCUT2D eigenvalue weighted by molar-refractivity contribution is 9.09. The number of hydrogen-bond donors (Lipinski definition) is 0. The van der Waals surface area contributed by atoms with E-state index in [0.29, 0.717) is 41.4 Å². The Kier molecular flexibility index (Phi) is 8.59. The average Bonchev–Trinajstić information content (AvgIpc) is 2.79. The summed E-state index contributed by atoms with van der Waals surface area (Å²) in [6.07, 6.45) is 1.73. The molecule has 0 spiro atoms. The number of rotatable bonds is 10. The molecule has 0 saturated carbocycles. The molecule has 1 heterocycles. The maximum atomic E-state index is 13.6. The summed E-state index contributed by atoms with van der Waals surface area (Å²) in [5.41, 5.74) is 3.32. The van der Waals surface area contributed by atoms with E-state index in [9.17, 15) is 4.79 Å². The molecule has 3 aromatic rings. The average molecular weight is 568 g/mol. The molecular formula is C24H28Br2N2O4. The van der Waals surface area contributed by atoms with Crippen molar-refractivity contribution in [2.75, 3.05) is 31.5 Å². The van der Waals surface area contributed by atoms with E-state index < -0.39 is 0 Å². The van der Waals surface area contributed by atoms with E-state index in [2.05, 4.69) is 31.9 Å². The van der Waals surface area contributed by atoms with Gasteiger partial charge in [0.1, 0.15) is 28.5 Å². The lowest BCUT2D eigenvalue weighted by atomic mass is 10.0. The van der Waals surface area contributed by atoms with Crippen LogP contribution in [0.25, 0.3) is 22.3 Å². The summed E-state index contributed by atoms with van der Waals surface area (Å²) < 4.78 is 18.6. The smallest absolute Gasteiger partial charge is 0.265 e. The van der Waals surface area contributed by atoms with Crippen LogP contribution in [0.4, 0.5) is 0 Å². The van der Waals surface area contributed by atoms with Gasteiger partial charge in [-0.15, -0.1) is 0 Å². The van der Waals surface area contributed by atoms with Crippen LogP contribution in [0.3, 0.4) is 0 Å². The quantitative estimate of drug-likeness (QED) is 0.234. The third-order valence-electron chi connectivity index (χ3n) is 5.21. The molecular weight excluding hydrogens is 540 g/mol. The lowest BCUT2D eigenvalue weighted by Crippen LogP contribution is -2.24. The van der Waals surface area contributed by atoms with Gasteiger partial charge in [-0.2, -0.15) is 0 Å². The lowest BCUT2D eigenvalue weighted by Gasteiger charge is -2.18. The molecule has 0 N–H and O–H groups in total. The standard InChI is InChI=1S/C24H28Br2N2O4/c1-15-11-17(12-16(2)22(15)32-10-6-8-26)23-27-19-13-18(30-3)14-20(31-4)21(19)24(29)28(23)9-5-7-25/h11-14H,5-10H2,1-4H3. The van der Waals surface area contributed by atoms with Crippen molar-refractivity contribution in [2.45, 2.75) is 33.2 Å². The molecule has 8 heteroatoms. The first kappa shape index (κ1) is 24.6. The normalized spacial score (nSPS) is 11.1. The Bertz CT molecular complexity index is 1140. The van der Waals surface area contributed by atoms with Crippen LogP contribution >= 0.6 is 31.9 Å². The zero-order valence-corrected chi connectivity index (χ0v) is 22.0. The van der Waals surface area contributed by atoms with Gasteiger partial charge >= 0.3 is 0 Å². The molecule has 172 valence electrons. The first-order valence-corrected chi connectivity index (χ1v) is 12.7. The summed E-state index contributed by atoms with van der Waals surface area (Å²) in [6, 6.07) is 7.56. The summed E-state index contributed by atoms with van der Waals surface area (Å²) in [6.45, 7) is 5.23. The largest absolute Gasteiger partial charge is 0.497 e. The number of fused-ring (bicyclic) bond motifs is 1. The lowest BCUT2D eigenvalue weighted by molar-refractivity contribution is 0.315. The second-order valence-corrected chi connectivity index (χ2v) is 9.07. The fourth-order valence-corrected chi connectivity index (χ4v) is 4.22. The number of hydrogen-bond acceptors (Lipinski definition) is 5. The van der Waals surface area contributed by atoms with Crippen LogP contribution in [-0.2, 0) is 6.54 Å². The Labute approximate surface area is 205 Å². The summed E-state index contributed by atoms with van der Waals surface area (Å²) in [7, 11) is 3.13. The molecule has 0 atom stereocenters. The highest BCUT2D eigenvalue weighted by Crippen LogP contribution is 2.32. The summed E-state index contributed by atoms with van der Waals surface area (Å²) in [4.78, 5) is 18.5. The van der Waals surface area contributed by atoms with Crippen molar-refractivity contribution in [3.8, 4) is 28.6 Å². The van der Waals surface area contributed by atoms with Crippen LogP contribution < -0.4 is 19.8 Å². The van der Waals surface area contributed by atoms with Crippen molar-refractivity contribution in [1.29, 1.82) is 0 Å². The molecule has 0 radical (unpaired) electrons. The Balaban J connectivity index is 2.23. The van der Waals surface area contributed by atoms with Crippen LogP contribution in [0, 0.1) is 13.8 Å². The minimum Gasteiger partial charge on any atom is -0.497 e. The minimum absolute atomic E-state index is 0.126. The molecule has 0 aliphatic carbocycles. The van der Waals surface area contributed by atoms with E-state index in [4.69, 9.17) is 19.2 Å². The van der Waals surface area contributed by atoms with Crippen molar-refractivity contribution in [2.24, 2.45) is 0 Å². The summed E-state index contributed by atoms with van der Waals surface area (Å²) >= 11 is 6.91. The molecule has 0 saturated heterocycles. The number of halogens is 2. The number of ether oxygens (including phenoxy) is 3. The maximum Gasteiger partial charge on any atom is 0.265 e. The number of aryl methyl sites for hydroxylation is 2. The first-order chi connectivity index (χ1) is 15.4. The fraction of sp³-hybridized carbons (Fsp3) is 0.417. The molecule has 0 fully saturated rings. The van der Waals surface area contributed by atoms with E-state index in [-0.39, 0.29) is 5.56 Å². The maximum absolute atomic E-state index is 13.6. The Morgan fingerprint density at radius 3 is 2.25 bits per heavy atom. The zero-order valence-electron chi connectivity index (χ0n) is 18.8. The molecule has 2 aromatic carbocycles. The van der Waals surface area contributed by atoms with E-state index in [1.807, 2.05) is 26.0 Å². The zero-order chi connectivity index (χ0) is 23.3. The Morgan fingerprint density at radius 2 is 1.66 bits per heavy atom. The minimum atomic E-state index is -0.126.